The third kappa shape index (κ3) is 2.81. The van der Waals surface area contributed by atoms with E-state index in [1.54, 1.807) is 24.4 Å². The van der Waals surface area contributed by atoms with E-state index in [0.29, 0.717) is 17.3 Å². The summed E-state index contributed by atoms with van der Waals surface area (Å²) in [7, 11) is 0. The summed E-state index contributed by atoms with van der Waals surface area (Å²) in [6, 6.07) is 16.6. The number of hydrogen-bond donors (Lipinski definition) is 4. The van der Waals surface area contributed by atoms with Gasteiger partial charge < -0.3 is 16.8 Å². The van der Waals surface area contributed by atoms with E-state index in [0.717, 1.165) is 27.5 Å². The van der Waals surface area contributed by atoms with Crippen LogP contribution in [0.25, 0.3) is 27.5 Å². The monoisotopic (exact) mass is 384 g/mol. The molecule has 0 aliphatic rings. The lowest BCUT2D eigenvalue weighted by Crippen LogP contribution is -2.21. The summed E-state index contributed by atoms with van der Waals surface area (Å²) in [6.45, 7) is 0. The molecule has 0 unspecified atom stereocenters. The van der Waals surface area contributed by atoms with Crippen LogP contribution in [0.1, 0.15) is 0 Å². The van der Waals surface area contributed by atoms with E-state index in [1.807, 2.05) is 36.4 Å². The Morgan fingerprint density at radius 3 is 2.55 bits per heavy atom. The van der Waals surface area contributed by atoms with Gasteiger partial charge in [-0.2, -0.15) is 10.1 Å². The van der Waals surface area contributed by atoms with Gasteiger partial charge in [-0.05, 0) is 36.4 Å². The molecule has 3 aromatic heterocycles. The van der Waals surface area contributed by atoms with Crippen molar-refractivity contribution in [2.24, 2.45) is 0 Å². The van der Waals surface area contributed by atoms with Crippen LogP contribution in [-0.4, -0.2) is 24.7 Å². The highest BCUT2D eigenvalue weighted by Gasteiger charge is 2.14. The molecule has 6 N–H and O–H groups in total. The molecule has 2 aromatic carbocycles. The van der Waals surface area contributed by atoms with Crippen LogP contribution in [0.5, 0.6) is 0 Å². The SMILES string of the molecule is Nc1ccn(-c2ccc(Nc3nc4ccccc4c4[nH]nc(N)c34)cc2)c(=O)n1. The van der Waals surface area contributed by atoms with Gasteiger partial charge in [-0.15, -0.1) is 0 Å². The number of nitrogens with zero attached hydrogens (tertiary/aromatic N) is 4. The summed E-state index contributed by atoms with van der Waals surface area (Å²) in [5.74, 6) is 1.16. The normalized spacial score (nSPS) is 11.2. The second kappa shape index (κ2) is 6.34. The standard InChI is InChI=1S/C20H16N8O/c21-15-9-10-28(20(29)25-15)12-7-5-11(6-8-12)23-19-16-17(26-27-18(16)22)13-3-1-2-4-14(13)24-19/h1-10H,(H,23,24)(H2,21,25,29)(H3,22,26,27). The molecule has 0 atom stereocenters. The van der Waals surface area contributed by atoms with Crippen LogP contribution >= 0.6 is 0 Å². The van der Waals surface area contributed by atoms with Gasteiger partial charge in [0.05, 0.1) is 22.1 Å². The molecule has 142 valence electrons. The van der Waals surface area contributed by atoms with E-state index >= 15 is 0 Å². The van der Waals surface area contributed by atoms with E-state index in [2.05, 4.69) is 20.5 Å². The first-order valence-electron chi connectivity index (χ1n) is 8.85. The molecule has 9 nitrogen and oxygen atoms in total. The average Bonchev–Trinajstić information content (AvgIpc) is 3.11. The van der Waals surface area contributed by atoms with Crippen molar-refractivity contribution in [2.75, 3.05) is 16.8 Å². The maximum Gasteiger partial charge on any atom is 0.354 e. The molecule has 3 heterocycles. The molecule has 0 saturated heterocycles. The number of nitrogen functional groups attached to an aromatic ring is 2. The summed E-state index contributed by atoms with van der Waals surface area (Å²) >= 11 is 0. The minimum atomic E-state index is -0.435. The van der Waals surface area contributed by atoms with Gasteiger partial charge in [0.2, 0.25) is 0 Å². The minimum absolute atomic E-state index is 0.189. The first kappa shape index (κ1) is 16.8. The number of aromatic amines is 1. The third-order valence-corrected chi connectivity index (χ3v) is 4.67. The smallest absolute Gasteiger partial charge is 0.354 e. The highest BCUT2D eigenvalue weighted by Crippen LogP contribution is 2.33. The molecule has 0 bridgehead atoms. The number of aromatic nitrogens is 5. The Morgan fingerprint density at radius 2 is 1.76 bits per heavy atom. The van der Waals surface area contributed by atoms with E-state index in [1.165, 1.54) is 4.57 Å². The maximum atomic E-state index is 12.0. The van der Waals surface area contributed by atoms with Gasteiger partial charge in [0.25, 0.3) is 0 Å². The van der Waals surface area contributed by atoms with E-state index in [9.17, 15) is 4.79 Å². The van der Waals surface area contributed by atoms with Crippen LogP contribution in [0, 0.1) is 0 Å². The van der Waals surface area contributed by atoms with Crippen molar-refractivity contribution in [1.29, 1.82) is 0 Å². The van der Waals surface area contributed by atoms with Crippen molar-refractivity contribution in [3.8, 4) is 5.69 Å². The summed E-state index contributed by atoms with van der Waals surface area (Å²) in [4.78, 5) is 20.5. The summed E-state index contributed by atoms with van der Waals surface area (Å²) in [6.07, 6.45) is 1.59. The Balaban J connectivity index is 1.55. The second-order valence-corrected chi connectivity index (χ2v) is 6.51. The molecule has 0 saturated carbocycles. The molecule has 0 spiro atoms. The molecule has 5 aromatic rings. The molecular weight excluding hydrogens is 368 g/mol. The molecule has 0 aliphatic carbocycles. The molecule has 0 radical (unpaired) electrons. The Morgan fingerprint density at radius 1 is 0.966 bits per heavy atom. The first-order chi connectivity index (χ1) is 14.1. The summed E-state index contributed by atoms with van der Waals surface area (Å²) < 4.78 is 1.42. The van der Waals surface area contributed by atoms with Gasteiger partial charge >= 0.3 is 5.69 Å². The highest BCUT2D eigenvalue weighted by molar-refractivity contribution is 6.12. The van der Waals surface area contributed by atoms with Crippen LogP contribution in [0.3, 0.4) is 0 Å². The van der Waals surface area contributed by atoms with Crippen molar-refractivity contribution >= 4 is 44.9 Å². The largest absolute Gasteiger partial charge is 0.383 e. The number of hydrogen-bond acceptors (Lipinski definition) is 7. The lowest BCUT2D eigenvalue weighted by Gasteiger charge is -2.11. The van der Waals surface area contributed by atoms with Gasteiger partial charge in [-0.1, -0.05) is 18.2 Å². The Labute approximate surface area is 164 Å². The second-order valence-electron chi connectivity index (χ2n) is 6.51. The van der Waals surface area contributed by atoms with Gasteiger partial charge in [-0.3, -0.25) is 9.67 Å². The van der Waals surface area contributed by atoms with Crippen molar-refractivity contribution in [1.82, 2.24) is 24.7 Å². The number of benzene rings is 2. The lowest BCUT2D eigenvalue weighted by molar-refractivity contribution is 0.920. The van der Waals surface area contributed by atoms with Gasteiger partial charge in [0.1, 0.15) is 11.6 Å². The predicted octanol–water partition coefficient (Wildman–Crippen LogP) is 2.56. The number of rotatable bonds is 3. The van der Waals surface area contributed by atoms with Crippen molar-refractivity contribution in [3.63, 3.8) is 0 Å². The van der Waals surface area contributed by atoms with Crippen molar-refractivity contribution in [3.05, 3.63) is 71.3 Å². The number of fused-ring (bicyclic) bond motifs is 3. The fraction of sp³-hybridized carbons (Fsp3) is 0. The number of H-pyrrole nitrogens is 1. The van der Waals surface area contributed by atoms with Crippen LogP contribution in [0.2, 0.25) is 0 Å². The molecule has 0 fully saturated rings. The summed E-state index contributed by atoms with van der Waals surface area (Å²) in [5.41, 5.74) is 14.3. The van der Waals surface area contributed by atoms with Crippen LogP contribution in [0.15, 0.2) is 65.6 Å². The molecule has 9 heteroatoms. The van der Waals surface area contributed by atoms with E-state index in [4.69, 9.17) is 16.5 Å². The molecular formula is C20H16N8O. The van der Waals surface area contributed by atoms with Crippen LogP contribution in [-0.2, 0) is 0 Å². The van der Waals surface area contributed by atoms with Gasteiger partial charge in [0, 0.05) is 17.3 Å². The van der Waals surface area contributed by atoms with E-state index < -0.39 is 5.69 Å². The van der Waals surface area contributed by atoms with Gasteiger partial charge in [0.15, 0.2) is 5.82 Å². The highest BCUT2D eigenvalue weighted by atomic mass is 16.1. The Bertz CT molecular complexity index is 1420. The first-order valence-corrected chi connectivity index (χ1v) is 8.85. The average molecular weight is 384 g/mol. The Hall–Kier alpha value is -4.40. The van der Waals surface area contributed by atoms with Crippen LogP contribution < -0.4 is 22.5 Å². The zero-order valence-corrected chi connectivity index (χ0v) is 15.1. The molecule has 0 amide bonds. The van der Waals surface area contributed by atoms with E-state index in [-0.39, 0.29) is 5.82 Å². The number of nitrogens with one attached hydrogen (secondary N) is 2. The fourth-order valence-corrected chi connectivity index (χ4v) is 3.29. The number of anilines is 4. The molecule has 5 rings (SSSR count). The third-order valence-electron chi connectivity index (χ3n) is 4.67. The topological polar surface area (TPSA) is 141 Å². The number of nitrogens with two attached hydrogens (primary N) is 2. The zero-order valence-electron chi connectivity index (χ0n) is 15.1. The maximum absolute atomic E-state index is 12.0. The summed E-state index contributed by atoms with van der Waals surface area (Å²) in [5, 5.41) is 12.1. The Kier molecular flexibility index (Phi) is 3.66. The minimum Gasteiger partial charge on any atom is -0.383 e. The predicted molar refractivity (Wildman–Crippen MR) is 113 cm³/mol. The molecule has 29 heavy (non-hydrogen) atoms. The van der Waals surface area contributed by atoms with Crippen molar-refractivity contribution in [2.45, 2.75) is 0 Å². The number of para-hydroxylation sites is 1. The van der Waals surface area contributed by atoms with Crippen molar-refractivity contribution < 1.29 is 0 Å². The lowest BCUT2D eigenvalue weighted by atomic mass is 10.1. The fourth-order valence-electron chi connectivity index (χ4n) is 3.29. The van der Waals surface area contributed by atoms with Gasteiger partial charge in [-0.25, -0.2) is 9.78 Å². The zero-order chi connectivity index (χ0) is 20.0. The van der Waals surface area contributed by atoms with Crippen LogP contribution in [0.4, 0.5) is 23.1 Å². The quantitative estimate of drug-likeness (QED) is 0.375. The number of pyridine rings is 1. The molecule has 0 aliphatic heterocycles.